The first-order valence-corrected chi connectivity index (χ1v) is 10.4. The number of ether oxygens (including phenoxy) is 2. The zero-order chi connectivity index (χ0) is 20.4. The van der Waals surface area contributed by atoms with Crippen LogP contribution >= 0.6 is 0 Å². The predicted octanol–water partition coefficient (Wildman–Crippen LogP) is 4.84. The zero-order valence-corrected chi connectivity index (χ0v) is 16.7. The van der Waals surface area contributed by atoms with E-state index in [4.69, 9.17) is 9.47 Å². The topological polar surface area (TPSA) is 76.0 Å². The number of rotatable bonds is 9. The molecule has 2 aliphatic rings. The highest BCUT2D eigenvalue weighted by atomic mass is 16.5. The van der Waals surface area contributed by atoms with E-state index >= 15 is 0 Å². The third-order valence-corrected chi connectivity index (χ3v) is 6.10. The van der Waals surface area contributed by atoms with Gasteiger partial charge in [-0.2, -0.15) is 0 Å². The number of carboxylic acid groups (broad SMARTS) is 1. The summed E-state index contributed by atoms with van der Waals surface area (Å²) in [7, 11) is 0. The lowest BCUT2D eigenvalue weighted by Crippen LogP contribution is -2.37. The van der Waals surface area contributed by atoms with Crippen LogP contribution in [0.3, 0.4) is 0 Å². The molecule has 0 radical (unpaired) electrons. The van der Waals surface area contributed by atoms with Gasteiger partial charge in [-0.3, -0.25) is 4.79 Å². The lowest BCUT2D eigenvalue weighted by atomic mass is 9.82. The van der Waals surface area contributed by atoms with Crippen LogP contribution in [0.2, 0.25) is 0 Å². The van der Waals surface area contributed by atoms with Crippen molar-refractivity contribution in [2.24, 2.45) is 17.8 Å². The molecular formula is C24H28O5. The Kier molecular flexibility index (Phi) is 5.65. The van der Waals surface area contributed by atoms with Gasteiger partial charge in [0.2, 0.25) is 0 Å². The minimum Gasteiger partial charge on any atom is -0.508 e. The minimum absolute atomic E-state index is 0.0554. The van der Waals surface area contributed by atoms with E-state index in [1.54, 1.807) is 25.1 Å². The highest BCUT2D eigenvalue weighted by Gasteiger charge is 2.38. The smallest absolute Gasteiger partial charge is 0.306 e. The quantitative estimate of drug-likeness (QED) is 0.634. The Labute approximate surface area is 171 Å². The molecule has 2 aromatic rings. The second kappa shape index (κ2) is 8.36. The molecule has 154 valence electrons. The molecule has 2 fully saturated rings. The van der Waals surface area contributed by atoms with Crippen LogP contribution < -0.4 is 9.47 Å². The SMILES string of the molecule is C[C@H](C(=O)O)C(c1cccc(OCC2CC(Oc3cccc(O)c3)C2)c1)C1CC1. The number of carboxylic acids is 1. The van der Waals surface area contributed by atoms with Gasteiger partial charge in [0.15, 0.2) is 0 Å². The summed E-state index contributed by atoms with van der Waals surface area (Å²) in [6.45, 7) is 2.44. The molecule has 0 heterocycles. The molecule has 2 aliphatic carbocycles. The summed E-state index contributed by atoms with van der Waals surface area (Å²) in [4.78, 5) is 11.5. The number of carbonyl (C=O) groups is 1. The van der Waals surface area contributed by atoms with E-state index < -0.39 is 5.97 Å². The maximum atomic E-state index is 11.5. The normalized spacial score (nSPS) is 22.9. The molecule has 2 atom stereocenters. The molecule has 0 amide bonds. The summed E-state index contributed by atoms with van der Waals surface area (Å²) < 4.78 is 11.9. The van der Waals surface area contributed by atoms with Crippen molar-refractivity contribution in [2.75, 3.05) is 6.61 Å². The van der Waals surface area contributed by atoms with Gasteiger partial charge < -0.3 is 19.7 Å². The number of hydrogen-bond acceptors (Lipinski definition) is 4. The van der Waals surface area contributed by atoms with Crippen molar-refractivity contribution >= 4 is 5.97 Å². The van der Waals surface area contributed by atoms with E-state index in [-0.39, 0.29) is 23.7 Å². The Morgan fingerprint density at radius 3 is 2.52 bits per heavy atom. The van der Waals surface area contributed by atoms with Gasteiger partial charge in [-0.05, 0) is 73.3 Å². The van der Waals surface area contributed by atoms with Gasteiger partial charge in [-0.1, -0.05) is 25.1 Å². The minimum atomic E-state index is -0.736. The molecule has 0 aromatic heterocycles. The van der Waals surface area contributed by atoms with Gasteiger partial charge in [-0.15, -0.1) is 0 Å². The van der Waals surface area contributed by atoms with Crippen LogP contribution in [0.1, 0.15) is 44.1 Å². The Bertz CT molecular complexity index is 854. The molecular weight excluding hydrogens is 368 g/mol. The van der Waals surface area contributed by atoms with Crippen molar-refractivity contribution in [3.05, 3.63) is 54.1 Å². The molecule has 2 aromatic carbocycles. The van der Waals surface area contributed by atoms with E-state index in [9.17, 15) is 15.0 Å². The van der Waals surface area contributed by atoms with Gasteiger partial charge >= 0.3 is 5.97 Å². The molecule has 5 nitrogen and oxygen atoms in total. The average Bonchev–Trinajstić information content (AvgIpc) is 3.49. The number of aliphatic carboxylic acids is 1. The van der Waals surface area contributed by atoms with Crippen LogP contribution in [0, 0.1) is 17.8 Å². The van der Waals surface area contributed by atoms with Crippen LogP contribution in [-0.4, -0.2) is 28.9 Å². The first-order valence-electron chi connectivity index (χ1n) is 10.4. The third-order valence-electron chi connectivity index (χ3n) is 6.10. The molecule has 0 spiro atoms. The number of benzene rings is 2. The number of aromatic hydroxyl groups is 1. The summed E-state index contributed by atoms with van der Waals surface area (Å²) in [5.74, 6) is 1.56. The molecule has 0 bridgehead atoms. The summed E-state index contributed by atoms with van der Waals surface area (Å²) in [5.41, 5.74) is 1.07. The standard InChI is InChI=1S/C24H28O5/c1-15(24(26)27)23(17-8-9-17)18-4-2-6-20(12-18)28-14-16-10-22(11-16)29-21-7-3-5-19(25)13-21/h2-7,12-13,15-17,22-23,25H,8-11,14H2,1H3,(H,26,27)/t15-,16?,22?,23?/m0/s1. The van der Waals surface area contributed by atoms with E-state index in [0.717, 1.165) is 37.0 Å². The van der Waals surface area contributed by atoms with Crippen molar-refractivity contribution in [1.82, 2.24) is 0 Å². The molecule has 1 unspecified atom stereocenters. The first kappa shape index (κ1) is 19.6. The largest absolute Gasteiger partial charge is 0.508 e. The van der Waals surface area contributed by atoms with E-state index in [1.807, 2.05) is 30.3 Å². The van der Waals surface area contributed by atoms with Crippen LogP contribution in [-0.2, 0) is 4.79 Å². The third kappa shape index (κ3) is 4.84. The van der Waals surface area contributed by atoms with Gasteiger partial charge in [-0.25, -0.2) is 0 Å². The maximum absolute atomic E-state index is 11.5. The predicted molar refractivity (Wildman–Crippen MR) is 109 cm³/mol. The summed E-state index contributed by atoms with van der Waals surface area (Å²) in [5, 5.41) is 19.0. The number of phenolic OH excluding ortho intramolecular Hbond substituents is 1. The zero-order valence-electron chi connectivity index (χ0n) is 16.7. The van der Waals surface area contributed by atoms with Crippen molar-refractivity contribution in [2.45, 2.75) is 44.6 Å². The Balaban J connectivity index is 1.29. The van der Waals surface area contributed by atoms with E-state index in [2.05, 4.69) is 0 Å². The summed E-state index contributed by atoms with van der Waals surface area (Å²) in [6.07, 6.45) is 4.23. The highest BCUT2D eigenvalue weighted by molar-refractivity contribution is 5.71. The van der Waals surface area contributed by atoms with Gasteiger partial charge in [0, 0.05) is 6.07 Å². The lowest BCUT2D eigenvalue weighted by molar-refractivity contribution is -0.142. The van der Waals surface area contributed by atoms with Crippen LogP contribution in [0.25, 0.3) is 0 Å². The molecule has 5 heteroatoms. The van der Waals surface area contributed by atoms with Gasteiger partial charge in [0.05, 0.1) is 18.6 Å². The molecule has 4 rings (SSSR count). The Morgan fingerprint density at radius 1 is 1.10 bits per heavy atom. The molecule has 0 aliphatic heterocycles. The van der Waals surface area contributed by atoms with Crippen LogP contribution in [0.5, 0.6) is 17.2 Å². The van der Waals surface area contributed by atoms with Crippen molar-refractivity contribution in [3.63, 3.8) is 0 Å². The van der Waals surface area contributed by atoms with Crippen LogP contribution in [0.15, 0.2) is 48.5 Å². The average molecular weight is 396 g/mol. The highest BCUT2D eigenvalue weighted by Crippen LogP contribution is 2.47. The molecule has 2 saturated carbocycles. The van der Waals surface area contributed by atoms with E-state index in [0.29, 0.717) is 24.2 Å². The fourth-order valence-corrected chi connectivity index (χ4v) is 4.26. The van der Waals surface area contributed by atoms with Crippen LogP contribution in [0.4, 0.5) is 0 Å². The summed E-state index contributed by atoms with van der Waals surface area (Å²) >= 11 is 0. The first-order chi connectivity index (χ1) is 14.0. The lowest BCUT2D eigenvalue weighted by Gasteiger charge is -2.35. The maximum Gasteiger partial charge on any atom is 0.306 e. The Morgan fingerprint density at radius 2 is 1.83 bits per heavy atom. The second-order valence-corrected chi connectivity index (χ2v) is 8.45. The molecule has 2 N–H and O–H groups in total. The van der Waals surface area contributed by atoms with Crippen molar-refractivity contribution < 1.29 is 24.5 Å². The fraction of sp³-hybridized carbons (Fsp3) is 0.458. The number of hydrogen-bond donors (Lipinski definition) is 2. The van der Waals surface area contributed by atoms with Crippen molar-refractivity contribution in [1.29, 1.82) is 0 Å². The summed E-state index contributed by atoms with van der Waals surface area (Å²) in [6, 6.07) is 14.8. The molecule has 29 heavy (non-hydrogen) atoms. The number of phenols is 1. The fourth-order valence-electron chi connectivity index (χ4n) is 4.26. The Hall–Kier alpha value is -2.69. The second-order valence-electron chi connectivity index (χ2n) is 8.45. The monoisotopic (exact) mass is 396 g/mol. The van der Waals surface area contributed by atoms with E-state index in [1.165, 1.54) is 0 Å². The molecule has 0 saturated heterocycles. The van der Waals surface area contributed by atoms with Gasteiger partial charge in [0.1, 0.15) is 17.2 Å². The van der Waals surface area contributed by atoms with Gasteiger partial charge in [0.25, 0.3) is 0 Å². The van der Waals surface area contributed by atoms with Crippen molar-refractivity contribution in [3.8, 4) is 17.2 Å².